The van der Waals surface area contributed by atoms with Crippen LogP contribution in [0.3, 0.4) is 0 Å². The van der Waals surface area contributed by atoms with Gasteiger partial charge in [-0.3, -0.25) is 4.79 Å². The minimum Gasteiger partial charge on any atom is -0.481 e. The number of aliphatic carboxylic acids is 1. The first-order valence-corrected chi connectivity index (χ1v) is 5.31. The maximum Gasteiger partial charge on any atom is 0.307 e. The third kappa shape index (κ3) is 2.80. The van der Waals surface area contributed by atoms with Crippen LogP contribution in [0.4, 0.5) is 0 Å². The van der Waals surface area contributed by atoms with E-state index in [0.717, 1.165) is 16.5 Å². The lowest BCUT2D eigenvalue weighted by atomic mass is 10.0. The maximum atomic E-state index is 10.6. The van der Waals surface area contributed by atoms with Gasteiger partial charge in [-0.05, 0) is 29.7 Å². The molecule has 0 bridgehead atoms. The third-order valence-corrected chi connectivity index (χ3v) is 2.85. The van der Waals surface area contributed by atoms with E-state index in [9.17, 15) is 4.79 Å². The molecule has 0 spiro atoms. The molecule has 0 fully saturated rings. The Kier molecular flexibility index (Phi) is 3.87. The molecule has 0 atom stereocenters. The van der Waals surface area contributed by atoms with Crippen molar-refractivity contribution >= 4 is 21.9 Å². The second kappa shape index (κ2) is 4.94. The summed E-state index contributed by atoms with van der Waals surface area (Å²) in [5.41, 5.74) is 2.12. The molecule has 0 radical (unpaired) electrons. The summed E-state index contributed by atoms with van der Waals surface area (Å²) in [6, 6.07) is 5.53. The first kappa shape index (κ1) is 11.7. The number of aryl methyl sites for hydroxylation is 1. The average Bonchev–Trinajstić information content (AvgIpc) is 2.19. The van der Waals surface area contributed by atoms with Crippen molar-refractivity contribution in [1.82, 2.24) is 0 Å². The van der Waals surface area contributed by atoms with Gasteiger partial charge in [0.15, 0.2) is 0 Å². The van der Waals surface area contributed by atoms with E-state index >= 15 is 0 Å². The van der Waals surface area contributed by atoms with E-state index in [1.165, 1.54) is 0 Å². The van der Waals surface area contributed by atoms with Crippen molar-refractivity contribution in [1.29, 1.82) is 5.26 Å². The van der Waals surface area contributed by atoms with Crippen LogP contribution in [0.2, 0.25) is 0 Å². The molecule has 1 aromatic carbocycles. The van der Waals surface area contributed by atoms with Crippen LogP contribution in [0.25, 0.3) is 0 Å². The SMILES string of the molecule is CCc1cc(Br)c(CC(=O)O)cc1C#N. The van der Waals surface area contributed by atoms with E-state index in [-0.39, 0.29) is 6.42 Å². The van der Waals surface area contributed by atoms with Gasteiger partial charge in [0.2, 0.25) is 0 Å². The second-order valence-electron chi connectivity index (χ2n) is 3.14. The van der Waals surface area contributed by atoms with Gasteiger partial charge in [0, 0.05) is 4.47 Å². The number of benzene rings is 1. The van der Waals surface area contributed by atoms with Crippen LogP contribution in [0.1, 0.15) is 23.6 Å². The van der Waals surface area contributed by atoms with Gasteiger partial charge in [-0.1, -0.05) is 22.9 Å². The van der Waals surface area contributed by atoms with Crippen molar-refractivity contribution in [3.8, 4) is 6.07 Å². The summed E-state index contributed by atoms with van der Waals surface area (Å²) in [5, 5.41) is 17.6. The number of hydrogen-bond acceptors (Lipinski definition) is 2. The van der Waals surface area contributed by atoms with E-state index in [2.05, 4.69) is 22.0 Å². The normalized spacial score (nSPS) is 9.67. The molecule has 0 unspecified atom stereocenters. The molecule has 0 aliphatic rings. The number of halogens is 1. The molecule has 78 valence electrons. The highest BCUT2D eigenvalue weighted by Gasteiger charge is 2.09. The van der Waals surface area contributed by atoms with Crippen molar-refractivity contribution in [2.45, 2.75) is 19.8 Å². The number of nitrogens with zero attached hydrogens (tertiary/aromatic N) is 1. The largest absolute Gasteiger partial charge is 0.481 e. The molecule has 0 saturated carbocycles. The van der Waals surface area contributed by atoms with Crippen LogP contribution >= 0.6 is 15.9 Å². The lowest BCUT2D eigenvalue weighted by molar-refractivity contribution is -0.136. The number of nitriles is 1. The van der Waals surface area contributed by atoms with E-state index < -0.39 is 5.97 Å². The Bertz CT molecular complexity index is 435. The molecule has 3 nitrogen and oxygen atoms in total. The number of rotatable bonds is 3. The molecular formula is C11H10BrNO2. The van der Waals surface area contributed by atoms with Crippen molar-refractivity contribution < 1.29 is 9.90 Å². The van der Waals surface area contributed by atoms with Crippen molar-refractivity contribution in [2.24, 2.45) is 0 Å². The zero-order valence-corrected chi connectivity index (χ0v) is 9.84. The van der Waals surface area contributed by atoms with E-state index in [1.54, 1.807) is 6.07 Å². The van der Waals surface area contributed by atoms with Crippen molar-refractivity contribution in [3.63, 3.8) is 0 Å². The summed E-state index contributed by atoms with van der Waals surface area (Å²) in [4.78, 5) is 10.6. The minimum atomic E-state index is -0.899. The van der Waals surface area contributed by atoms with Gasteiger partial charge in [-0.2, -0.15) is 5.26 Å². The summed E-state index contributed by atoms with van der Waals surface area (Å²) < 4.78 is 0.751. The highest BCUT2D eigenvalue weighted by atomic mass is 79.9. The molecule has 0 heterocycles. The Morgan fingerprint density at radius 2 is 2.20 bits per heavy atom. The van der Waals surface area contributed by atoms with Gasteiger partial charge >= 0.3 is 5.97 Å². The van der Waals surface area contributed by atoms with Gasteiger partial charge in [0.25, 0.3) is 0 Å². The molecule has 0 aromatic heterocycles. The lowest BCUT2D eigenvalue weighted by Crippen LogP contribution is -2.02. The average molecular weight is 268 g/mol. The van der Waals surface area contributed by atoms with Crippen LogP contribution in [0.15, 0.2) is 16.6 Å². The van der Waals surface area contributed by atoms with Gasteiger partial charge in [0.05, 0.1) is 18.1 Å². The first-order valence-electron chi connectivity index (χ1n) is 4.51. The number of carboxylic acids is 1. The van der Waals surface area contributed by atoms with Crippen LogP contribution in [-0.4, -0.2) is 11.1 Å². The van der Waals surface area contributed by atoms with Crippen LogP contribution in [0.5, 0.6) is 0 Å². The molecule has 1 aromatic rings. The fourth-order valence-electron chi connectivity index (χ4n) is 1.35. The summed E-state index contributed by atoms with van der Waals surface area (Å²) in [6.07, 6.45) is 0.689. The lowest BCUT2D eigenvalue weighted by Gasteiger charge is -2.06. The molecule has 1 rings (SSSR count). The fourth-order valence-corrected chi connectivity index (χ4v) is 1.89. The minimum absolute atomic E-state index is 0.0702. The Hall–Kier alpha value is -1.34. The van der Waals surface area contributed by atoms with E-state index in [4.69, 9.17) is 10.4 Å². The molecule has 0 amide bonds. The first-order chi connectivity index (χ1) is 7.08. The summed E-state index contributed by atoms with van der Waals surface area (Å²) in [5.74, 6) is -0.899. The Morgan fingerprint density at radius 3 is 2.67 bits per heavy atom. The van der Waals surface area contributed by atoms with Gasteiger partial charge in [-0.15, -0.1) is 0 Å². The van der Waals surface area contributed by atoms with Crippen molar-refractivity contribution in [3.05, 3.63) is 33.3 Å². The zero-order valence-electron chi connectivity index (χ0n) is 8.25. The van der Waals surface area contributed by atoms with Crippen LogP contribution in [-0.2, 0) is 17.6 Å². The Balaban J connectivity index is 3.21. The van der Waals surface area contributed by atoms with Crippen LogP contribution < -0.4 is 0 Å². The smallest absolute Gasteiger partial charge is 0.307 e. The molecule has 0 aliphatic carbocycles. The predicted molar refractivity (Wildman–Crippen MR) is 59.6 cm³/mol. The molecular weight excluding hydrogens is 258 g/mol. The van der Waals surface area contributed by atoms with Gasteiger partial charge in [0.1, 0.15) is 0 Å². The number of carbonyl (C=O) groups is 1. The molecule has 1 N–H and O–H groups in total. The summed E-state index contributed by atoms with van der Waals surface area (Å²) in [6.45, 7) is 1.96. The molecule has 15 heavy (non-hydrogen) atoms. The predicted octanol–water partition coefficient (Wildman–Crippen LogP) is 2.51. The Morgan fingerprint density at radius 1 is 1.53 bits per heavy atom. The number of hydrogen-bond donors (Lipinski definition) is 1. The summed E-state index contributed by atoms with van der Waals surface area (Å²) >= 11 is 3.31. The molecule has 0 aliphatic heterocycles. The van der Waals surface area contributed by atoms with Gasteiger partial charge < -0.3 is 5.11 Å². The summed E-state index contributed by atoms with van der Waals surface area (Å²) in [7, 11) is 0. The molecule has 0 saturated heterocycles. The van der Waals surface area contributed by atoms with Gasteiger partial charge in [-0.25, -0.2) is 0 Å². The topological polar surface area (TPSA) is 61.1 Å². The number of carboxylic acid groups (broad SMARTS) is 1. The zero-order chi connectivity index (χ0) is 11.4. The van der Waals surface area contributed by atoms with Crippen molar-refractivity contribution in [2.75, 3.05) is 0 Å². The second-order valence-corrected chi connectivity index (χ2v) is 3.99. The fraction of sp³-hybridized carbons (Fsp3) is 0.273. The molecule has 4 heteroatoms. The third-order valence-electron chi connectivity index (χ3n) is 2.12. The highest BCUT2D eigenvalue weighted by molar-refractivity contribution is 9.10. The highest BCUT2D eigenvalue weighted by Crippen LogP contribution is 2.22. The van der Waals surface area contributed by atoms with E-state index in [0.29, 0.717) is 11.1 Å². The van der Waals surface area contributed by atoms with Crippen LogP contribution in [0, 0.1) is 11.3 Å². The standard InChI is InChI=1S/C11H10BrNO2/c1-2-7-4-10(12)8(5-11(14)15)3-9(7)6-13/h3-4H,2,5H2,1H3,(H,14,15). The maximum absolute atomic E-state index is 10.6. The monoisotopic (exact) mass is 267 g/mol. The quantitative estimate of drug-likeness (QED) is 0.916. The van der Waals surface area contributed by atoms with E-state index in [1.807, 2.05) is 13.0 Å². The Labute approximate surface area is 96.5 Å².